The summed E-state index contributed by atoms with van der Waals surface area (Å²) in [5.41, 5.74) is 0.943. The second kappa shape index (κ2) is 6.07. The molecular formula is C13H15Cl2N3S. The molecule has 102 valence electrons. The zero-order chi connectivity index (χ0) is 14.0. The fraction of sp³-hybridized carbons (Fsp3) is 0.385. The van der Waals surface area contributed by atoms with Crippen LogP contribution in [0.1, 0.15) is 43.2 Å². The van der Waals surface area contributed by atoms with Gasteiger partial charge in [-0.25, -0.2) is 9.97 Å². The molecule has 2 heterocycles. The van der Waals surface area contributed by atoms with Crippen LogP contribution in [0.4, 0.5) is 5.82 Å². The molecule has 2 aromatic heterocycles. The summed E-state index contributed by atoms with van der Waals surface area (Å²) in [6.07, 6.45) is 1.48. The maximum atomic E-state index is 6.15. The Morgan fingerprint density at radius 3 is 2.47 bits per heavy atom. The van der Waals surface area contributed by atoms with E-state index in [9.17, 15) is 0 Å². The van der Waals surface area contributed by atoms with Gasteiger partial charge in [-0.05, 0) is 25.0 Å². The Kier molecular flexibility index (Phi) is 4.66. The molecule has 0 saturated heterocycles. The molecule has 1 N–H and O–H groups in total. The minimum absolute atomic E-state index is 0.126. The zero-order valence-electron chi connectivity index (χ0n) is 10.9. The molecule has 0 fully saturated rings. The highest BCUT2D eigenvalue weighted by Gasteiger charge is 2.16. The Hall–Kier alpha value is -0.840. The molecule has 0 aliphatic heterocycles. The summed E-state index contributed by atoms with van der Waals surface area (Å²) < 4.78 is 0.786. The summed E-state index contributed by atoms with van der Waals surface area (Å²) in [5.74, 6) is 1.04. The topological polar surface area (TPSA) is 37.8 Å². The third-order valence-corrected chi connectivity index (χ3v) is 4.50. The minimum Gasteiger partial charge on any atom is -0.362 e. The average molecular weight is 316 g/mol. The molecule has 0 aliphatic carbocycles. The van der Waals surface area contributed by atoms with Gasteiger partial charge in [0.15, 0.2) is 0 Å². The van der Waals surface area contributed by atoms with Crippen molar-refractivity contribution in [2.75, 3.05) is 5.32 Å². The Morgan fingerprint density at radius 2 is 1.89 bits per heavy atom. The highest BCUT2D eigenvalue weighted by molar-refractivity contribution is 7.16. The fourth-order valence-corrected chi connectivity index (χ4v) is 3.25. The Morgan fingerprint density at radius 1 is 1.16 bits per heavy atom. The first-order valence-electron chi connectivity index (χ1n) is 6.01. The summed E-state index contributed by atoms with van der Waals surface area (Å²) >= 11 is 13.7. The summed E-state index contributed by atoms with van der Waals surface area (Å²) in [6.45, 7) is 6.22. The number of rotatable bonds is 4. The van der Waals surface area contributed by atoms with Gasteiger partial charge in [0.05, 0.1) is 10.4 Å². The minimum atomic E-state index is 0.126. The number of aromatic nitrogens is 2. The number of nitrogens with one attached hydrogen (secondary N) is 1. The number of thiophene rings is 1. The second-order valence-electron chi connectivity index (χ2n) is 4.59. The normalized spacial score (nSPS) is 12.7. The van der Waals surface area contributed by atoms with Crippen LogP contribution in [0.2, 0.25) is 9.49 Å². The quantitative estimate of drug-likeness (QED) is 0.794. The molecule has 0 aliphatic rings. The number of hydrogen-bond donors (Lipinski definition) is 1. The van der Waals surface area contributed by atoms with Gasteiger partial charge in [0.1, 0.15) is 17.3 Å². The van der Waals surface area contributed by atoms with E-state index in [1.807, 2.05) is 12.1 Å². The number of nitrogens with zero attached hydrogens (tertiary/aromatic N) is 2. The molecule has 0 bridgehead atoms. The molecule has 2 aromatic rings. The van der Waals surface area contributed by atoms with Crippen molar-refractivity contribution >= 4 is 40.4 Å². The van der Waals surface area contributed by atoms with Crippen LogP contribution in [0.25, 0.3) is 0 Å². The summed E-state index contributed by atoms with van der Waals surface area (Å²) in [4.78, 5) is 9.50. The van der Waals surface area contributed by atoms with E-state index >= 15 is 0 Å². The Bertz CT molecular complexity index is 569. The van der Waals surface area contributed by atoms with E-state index in [0.29, 0.717) is 5.15 Å². The first-order chi connectivity index (χ1) is 8.99. The smallest absolute Gasteiger partial charge is 0.138 e. The summed E-state index contributed by atoms with van der Waals surface area (Å²) in [6, 6.07) is 4.04. The molecule has 2 rings (SSSR count). The second-order valence-corrected chi connectivity index (χ2v) is 6.69. The molecule has 1 unspecified atom stereocenters. The molecule has 0 spiro atoms. The summed E-state index contributed by atoms with van der Waals surface area (Å²) in [7, 11) is 0. The molecule has 0 saturated carbocycles. The highest BCUT2D eigenvalue weighted by atomic mass is 35.5. The molecular weight excluding hydrogens is 301 g/mol. The van der Waals surface area contributed by atoms with Crippen molar-refractivity contribution in [1.82, 2.24) is 9.97 Å². The van der Waals surface area contributed by atoms with Crippen molar-refractivity contribution in [3.05, 3.63) is 38.4 Å². The van der Waals surface area contributed by atoms with Crippen LogP contribution < -0.4 is 5.32 Å². The average Bonchev–Trinajstić information content (AvgIpc) is 2.75. The van der Waals surface area contributed by atoms with E-state index in [1.165, 1.54) is 6.33 Å². The van der Waals surface area contributed by atoms with Crippen molar-refractivity contribution in [2.24, 2.45) is 0 Å². The van der Waals surface area contributed by atoms with Crippen molar-refractivity contribution in [1.29, 1.82) is 0 Å². The molecule has 6 heteroatoms. The first-order valence-corrected chi connectivity index (χ1v) is 7.58. The standard InChI is InChI=1S/C13H15Cl2N3S/c1-7(2)11-12(15)16-6-17-13(11)18-8(3)9-4-5-10(14)19-9/h4-8H,1-3H3,(H,16,17,18). The monoisotopic (exact) mass is 315 g/mol. The van der Waals surface area contributed by atoms with Gasteiger partial charge in [0.25, 0.3) is 0 Å². The van der Waals surface area contributed by atoms with Gasteiger partial charge < -0.3 is 5.32 Å². The van der Waals surface area contributed by atoms with Crippen LogP contribution in [0.15, 0.2) is 18.5 Å². The maximum Gasteiger partial charge on any atom is 0.138 e. The predicted octanol–water partition coefficient (Wildman–Crippen LogP) is 5.14. The molecule has 3 nitrogen and oxygen atoms in total. The van der Waals surface area contributed by atoms with Gasteiger partial charge in [0, 0.05) is 10.4 Å². The lowest BCUT2D eigenvalue weighted by molar-refractivity contribution is 0.824. The molecule has 19 heavy (non-hydrogen) atoms. The van der Waals surface area contributed by atoms with Crippen molar-refractivity contribution in [3.8, 4) is 0 Å². The van der Waals surface area contributed by atoms with Crippen LogP contribution in [0.5, 0.6) is 0 Å². The number of halogens is 2. The zero-order valence-corrected chi connectivity index (χ0v) is 13.3. The lowest BCUT2D eigenvalue weighted by Crippen LogP contribution is -2.10. The third kappa shape index (κ3) is 3.38. The molecule has 0 amide bonds. The van der Waals surface area contributed by atoms with E-state index in [0.717, 1.165) is 20.6 Å². The van der Waals surface area contributed by atoms with E-state index in [1.54, 1.807) is 11.3 Å². The third-order valence-electron chi connectivity index (χ3n) is 2.79. The van der Waals surface area contributed by atoms with Crippen LogP contribution in [0, 0.1) is 0 Å². The SMILES string of the molecule is CC(C)c1c(Cl)ncnc1NC(C)c1ccc(Cl)s1. The highest BCUT2D eigenvalue weighted by Crippen LogP contribution is 2.32. The van der Waals surface area contributed by atoms with Gasteiger partial charge in [-0.2, -0.15) is 0 Å². The van der Waals surface area contributed by atoms with Gasteiger partial charge in [-0.15, -0.1) is 11.3 Å². The fourth-order valence-electron chi connectivity index (χ4n) is 1.84. The van der Waals surface area contributed by atoms with E-state index in [2.05, 4.69) is 36.1 Å². The molecule has 0 radical (unpaired) electrons. The van der Waals surface area contributed by atoms with Crippen molar-refractivity contribution in [2.45, 2.75) is 32.7 Å². The van der Waals surface area contributed by atoms with Crippen molar-refractivity contribution in [3.63, 3.8) is 0 Å². The van der Waals surface area contributed by atoms with Crippen molar-refractivity contribution < 1.29 is 0 Å². The molecule has 0 aromatic carbocycles. The number of anilines is 1. The first kappa shape index (κ1) is 14.6. The lowest BCUT2D eigenvalue weighted by atomic mass is 10.1. The van der Waals surface area contributed by atoms with Crippen LogP contribution in [-0.4, -0.2) is 9.97 Å². The summed E-state index contributed by atoms with van der Waals surface area (Å²) in [5, 5.41) is 3.88. The van der Waals surface area contributed by atoms with E-state index in [4.69, 9.17) is 23.2 Å². The number of hydrogen-bond acceptors (Lipinski definition) is 4. The van der Waals surface area contributed by atoms with Crippen LogP contribution >= 0.6 is 34.5 Å². The van der Waals surface area contributed by atoms with Gasteiger partial charge >= 0.3 is 0 Å². The van der Waals surface area contributed by atoms with Crippen LogP contribution in [-0.2, 0) is 0 Å². The van der Waals surface area contributed by atoms with Gasteiger partial charge in [-0.1, -0.05) is 37.0 Å². The Balaban J connectivity index is 2.26. The van der Waals surface area contributed by atoms with E-state index < -0.39 is 0 Å². The maximum absolute atomic E-state index is 6.15. The Labute approximate surface area is 127 Å². The molecule has 1 atom stereocenters. The van der Waals surface area contributed by atoms with Gasteiger partial charge in [-0.3, -0.25) is 0 Å². The van der Waals surface area contributed by atoms with Gasteiger partial charge in [0.2, 0.25) is 0 Å². The van der Waals surface area contributed by atoms with E-state index in [-0.39, 0.29) is 12.0 Å². The van der Waals surface area contributed by atoms with Crippen LogP contribution in [0.3, 0.4) is 0 Å². The lowest BCUT2D eigenvalue weighted by Gasteiger charge is -2.18. The predicted molar refractivity (Wildman–Crippen MR) is 82.5 cm³/mol. The largest absolute Gasteiger partial charge is 0.362 e.